The number of aromatic nitrogens is 1. The van der Waals surface area contributed by atoms with Crippen LogP contribution >= 0.6 is 0 Å². The van der Waals surface area contributed by atoms with Crippen LogP contribution in [-0.4, -0.2) is 16.9 Å². The van der Waals surface area contributed by atoms with Crippen LogP contribution in [0.15, 0.2) is 42.6 Å². The summed E-state index contributed by atoms with van der Waals surface area (Å²) in [5.41, 5.74) is 9.83. The molecule has 0 radical (unpaired) electrons. The summed E-state index contributed by atoms with van der Waals surface area (Å²) < 4.78 is 0. The third-order valence-corrected chi connectivity index (χ3v) is 3.81. The van der Waals surface area contributed by atoms with Gasteiger partial charge in [0.05, 0.1) is 11.6 Å². The van der Waals surface area contributed by atoms with Crippen LogP contribution in [0.1, 0.15) is 33.2 Å². The summed E-state index contributed by atoms with van der Waals surface area (Å²) in [6, 6.07) is 11.4. The van der Waals surface area contributed by atoms with E-state index >= 15 is 0 Å². The molecular formula is C16H17N3O. The molecule has 1 aliphatic carbocycles. The lowest BCUT2D eigenvalue weighted by Crippen LogP contribution is -2.38. The summed E-state index contributed by atoms with van der Waals surface area (Å²) in [4.78, 5) is 16.5. The van der Waals surface area contributed by atoms with Gasteiger partial charge in [-0.05, 0) is 36.6 Å². The van der Waals surface area contributed by atoms with E-state index in [1.54, 1.807) is 18.3 Å². The molecule has 0 fully saturated rings. The first kappa shape index (κ1) is 12.8. The van der Waals surface area contributed by atoms with Crippen molar-refractivity contribution in [3.8, 4) is 0 Å². The first-order chi connectivity index (χ1) is 9.66. The van der Waals surface area contributed by atoms with E-state index in [4.69, 9.17) is 5.73 Å². The van der Waals surface area contributed by atoms with Crippen molar-refractivity contribution < 1.29 is 4.79 Å². The number of nitrogens with zero attached hydrogens (tertiary/aromatic N) is 1. The average molecular weight is 267 g/mol. The Morgan fingerprint density at radius 1 is 1.30 bits per heavy atom. The van der Waals surface area contributed by atoms with E-state index in [1.807, 2.05) is 25.1 Å². The monoisotopic (exact) mass is 267 g/mol. The Hall–Kier alpha value is -2.20. The highest BCUT2D eigenvalue weighted by atomic mass is 16.1. The predicted octanol–water partition coefficient (Wildman–Crippen LogP) is 1.74. The lowest BCUT2D eigenvalue weighted by Gasteiger charge is -2.19. The SMILES string of the molecule is Cc1ncccc1C(=O)NC1c2ccccc2CC1N. The van der Waals surface area contributed by atoms with Crippen molar-refractivity contribution in [2.75, 3.05) is 0 Å². The second-order valence-corrected chi connectivity index (χ2v) is 5.15. The number of benzene rings is 1. The second-order valence-electron chi connectivity index (χ2n) is 5.15. The highest BCUT2D eigenvalue weighted by Gasteiger charge is 2.31. The lowest BCUT2D eigenvalue weighted by atomic mass is 10.1. The number of hydrogen-bond acceptors (Lipinski definition) is 3. The molecule has 2 atom stereocenters. The van der Waals surface area contributed by atoms with Crippen molar-refractivity contribution in [3.05, 3.63) is 65.0 Å². The van der Waals surface area contributed by atoms with Crippen molar-refractivity contribution in [2.45, 2.75) is 25.4 Å². The summed E-state index contributed by atoms with van der Waals surface area (Å²) in [5, 5.41) is 3.04. The van der Waals surface area contributed by atoms with Crippen molar-refractivity contribution in [3.63, 3.8) is 0 Å². The molecule has 1 aromatic heterocycles. The van der Waals surface area contributed by atoms with Gasteiger partial charge >= 0.3 is 0 Å². The normalized spacial score (nSPS) is 20.5. The van der Waals surface area contributed by atoms with Crippen LogP contribution < -0.4 is 11.1 Å². The Morgan fingerprint density at radius 3 is 2.90 bits per heavy atom. The number of nitrogens with two attached hydrogens (primary N) is 1. The molecule has 20 heavy (non-hydrogen) atoms. The number of amides is 1. The molecule has 0 saturated carbocycles. The Labute approximate surface area is 118 Å². The molecule has 4 heteroatoms. The zero-order valence-corrected chi connectivity index (χ0v) is 11.3. The Morgan fingerprint density at radius 2 is 2.10 bits per heavy atom. The van der Waals surface area contributed by atoms with Gasteiger partial charge in [0, 0.05) is 17.9 Å². The zero-order chi connectivity index (χ0) is 14.1. The zero-order valence-electron chi connectivity index (χ0n) is 11.3. The quantitative estimate of drug-likeness (QED) is 0.871. The third kappa shape index (κ3) is 2.18. The van der Waals surface area contributed by atoms with Gasteiger partial charge in [0.25, 0.3) is 5.91 Å². The number of aryl methyl sites for hydroxylation is 1. The standard InChI is InChI=1S/C16H17N3O/c1-10-12(7-4-8-18-10)16(20)19-15-13-6-3-2-5-11(13)9-14(15)17/h2-8,14-15H,9,17H2,1H3,(H,19,20). The van der Waals surface area contributed by atoms with Crippen LogP contribution in [0.3, 0.4) is 0 Å². The van der Waals surface area contributed by atoms with Crippen molar-refractivity contribution >= 4 is 5.91 Å². The van der Waals surface area contributed by atoms with Crippen LogP contribution in [0, 0.1) is 6.92 Å². The molecule has 4 nitrogen and oxygen atoms in total. The van der Waals surface area contributed by atoms with E-state index in [-0.39, 0.29) is 18.0 Å². The van der Waals surface area contributed by atoms with Crippen molar-refractivity contribution in [1.29, 1.82) is 0 Å². The number of carbonyl (C=O) groups excluding carboxylic acids is 1. The Kier molecular flexibility index (Phi) is 3.24. The van der Waals surface area contributed by atoms with Gasteiger partial charge in [-0.2, -0.15) is 0 Å². The molecule has 2 aromatic rings. The predicted molar refractivity (Wildman–Crippen MR) is 77.3 cm³/mol. The molecule has 3 N–H and O–H groups in total. The van der Waals surface area contributed by atoms with Crippen LogP contribution in [0.25, 0.3) is 0 Å². The summed E-state index contributed by atoms with van der Waals surface area (Å²) in [6.07, 6.45) is 2.48. The van der Waals surface area contributed by atoms with E-state index in [1.165, 1.54) is 5.56 Å². The number of nitrogens with one attached hydrogen (secondary N) is 1. The van der Waals surface area contributed by atoms with Gasteiger partial charge in [-0.25, -0.2) is 0 Å². The van der Waals surface area contributed by atoms with Gasteiger partial charge in [0.15, 0.2) is 0 Å². The minimum absolute atomic E-state index is 0.0756. The molecular weight excluding hydrogens is 250 g/mol. The summed E-state index contributed by atoms with van der Waals surface area (Å²) in [6.45, 7) is 1.83. The van der Waals surface area contributed by atoms with Gasteiger partial charge in [0.1, 0.15) is 0 Å². The molecule has 102 valence electrons. The molecule has 1 aromatic carbocycles. The molecule has 0 aliphatic heterocycles. The average Bonchev–Trinajstić information content (AvgIpc) is 2.76. The Balaban J connectivity index is 1.85. The first-order valence-corrected chi connectivity index (χ1v) is 6.72. The first-order valence-electron chi connectivity index (χ1n) is 6.72. The number of rotatable bonds is 2. The minimum atomic E-state index is -0.127. The van der Waals surface area contributed by atoms with E-state index in [9.17, 15) is 4.79 Å². The third-order valence-electron chi connectivity index (χ3n) is 3.81. The Bertz CT molecular complexity index is 654. The fraction of sp³-hybridized carbons (Fsp3) is 0.250. The van der Waals surface area contributed by atoms with Crippen molar-refractivity contribution in [1.82, 2.24) is 10.3 Å². The minimum Gasteiger partial charge on any atom is -0.344 e. The van der Waals surface area contributed by atoms with Crippen LogP contribution in [0.2, 0.25) is 0 Å². The molecule has 1 heterocycles. The maximum Gasteiger partial charge on any atom is 0.253 e. The van der Waals surface area contributed by atoms with Gasteiger partial charge in [-0.15, -0.1) is 0 Å². The highest BCUT2D eigenvalue weighted by molar-refractivity contribution is 5.95. The fourth-order valence-corrected chi connectivity index (χ4v) is 2.75. The van der Waals surface area contributed by atoms with E-state index in [0.29, 0.717) is 5.56 Å². The number of carbonyl (C=O) groups is 1. The summed E-state index contributed by atoms with van der Waals surface area (Å²) in [7, 11) is 0. The molecule has 3 rings (SSSR count). The molecule has 0 spiro atoms. The topological polar surface area (TPSA) is 68.0 Å². The highest BCUT2D eigenvalue weighted by Crippen LogP contribution is 2.30. The maximum atomic E-state index is 12.4. The van der Waals surface area contributed by atoms with Gasteiger partial charge in [-0.1, -0.05) is 24.3 Å². The molecule has 0 saturated heterocycles. The molecule has 1 aliphatic rings. The smallest absolute Gasteiger partial charge is 0.253 e. The van der Waals surface area contributed by atoms with E-state index in [2.05, 4.69) is 16.4 Å². The van der Waals surface area contributed by atoms with E-state index in [0.717, 1.165) is 17.7 Å². The van der Waals surface area contributed by atoms with Gasteiger partial charge < -0.3 is 11.1 Å². The number of fused-ring (bicyclic) bond motifs is 1. The number of hydrogen-bond donors (Lipinski definition) is 2. The van der Waals surface area contributed by atoms with Gasteiger partial charge in [0.2, 0.25) is 0 Å². The van der Waals surface area contributed by atoms with Crippen LogP contribution in [-0.2, 0) is 6.42 Å². The lowest BCUT2D eigenvalue weighted by molar-refractivity contribution is 0.0932. The van der Waals surface area contributed by atoms with E-state index < -0.39 is 0 Å². The maximum absolute atomic E-state index is 12.4. The molecule has 0 bridgehead atoms. The largest absolute Gasteiger partial charge is 0.344 e. The number of pyridine rings is 1. The van der Waals surface area contributed by atoms with Crippen LogP contribution in [0.4, 0.5) is 0 Å². The summed E-state index contributed by atoms with van der Waals surface area (Å²) in [5.74, 6) is -0.118. The van der Waals surface area contributed by atoms with Crippen molar-refractivity contribution in [2.24, 2.45) is 5.73 Å². The summed E-state index contributed by atoms with van der Waals surface area (Å²) >= 11 is 0. The molecule has 1 amide bonds. The second kappa shape index (κ2) is 5.06. The van der Waals surface area contributed by atoms with Crippen LogP contribution in [0.5, 0.6) is 0 Å². The molecule has 2 unspecified atom stereocenters. The fourth-order valence-electron chi connectivity index (χ4n) is 2.75. The van der Waals surface area contributed by atoms with Gasteiger partial charge in [-0.3, -0.25) is 9.78 Å².